The van der Waals surface area contributed by atoms with Crippen molar-refractivity contribution in [1.29, 1.82) is 0 Å². The van der Waals surface area contributed by atoms with Crippen molar-refractivity contribution in [2.75, 3.05) is 26.2 Å². The van der Waals surface area contributed by atoms with Gasteiger partial charge in [0.05, 0.1) is 13.1 Å². The molecule has 5 nitrogen and oxygen atoms in total. The Labute approximate surface area is 89.0 Å². The molecule has 1 saturated heterocycles. The summed E-state index contributed by atoms with van der Waals surface area (Å²) in [5.74, 6) is -0.371. The van der Waals surface area contributed by atoms with Crippen molar-refractivity contribution in [2.45, 2.75) is 19.3 Å². The monoisotopic (exact) mass is 211 g/mol. The molecule has 0 aromatic rings. The number of nitrogens with two attached hydrogens (primary N) is 1. The number of nitrogens with one attached hydrogen (secondary N) is 1. The maximum Gasteiger partial charge on any atom is 0.240 e. The van der Waals surface area contributed by atoms with E-state index in [-0.39, 0.29) is 11.8 Å². The largest absolute Gasteiger partial charge is 0.330 e. The lowest BCUT2D eigenvalue weighted by atomic mass is 10.0. The highest BCUT2D eigenvalue weighted by atomic mass is 16.2. The second kappa shape index (κ2) is 3.90. The Morgan fingerprint density at radius 3 is 2.33 bits per heavy atom. The molecule has 3 N–H and O–H groups in total. The average Bonchev–Trinajstić information content (AvgIpc) is 2.83. The van der Waals surface area contributed by atoms with Gasteiger partial charge in [0.1, 0.15) is 0 Å². The van der Waals surface area contributed by atoms with Crippen LogP contribution in [0.2, 0.25) is 0 Å². The molecule has 0 unspecified atom stereocenters. The molecule has 1 aliphatic heterocycles. The Morgan fingerprint density at radius 2 is 1.87 bits per heavy atom. The van der Waals surface area contributed by atoms with E-state index in [2.05, 4.69) is 5.32 Å². The minimum atomic E-state index is -0.185. The maximum absolute atomic E-state index is 11.1. The first-order valence-electron chi connectivity index (χ1n) is 5.39. The van der Waals surface area contributed by atoms with E-state index in [1.54, 1.807) is 0 Å². The third kappa shape index (κ3) is 2.54. The lowest BCUT2D eigenvalue weighted by Crippen LogP contribution is -2.52. The Morgan fingerprint density at radius 1 is 1.27 bits per heavy atom. The van der Waals surface area contributed by atoms with Crippen LogP contribution >= 0.6 is 0 Å². The third-order valence-corrected chi connectivity index (χ3v) is 3.20. The standard InChI is InChI=1S/C10H17N3O2/c11-4-3-10(1-2-10)7-13-5-8(14)12-9(15)6-13/h1-7,11H2,(H,12,14,15). The number of carbonyl (C=O) groups is 2. The van der Waals surface area contributed by atoms with Gasteiger partial charge in [0, 0.05) is 6.54 Å². The van der Waals surface area contributed by atoms with E-state index in [9.17, 15) is 9.59 Å². The number of carbonyl (C=O) groups excluding carboxylic acids is 2. The summed E-state index contributed by atoms with van der Waals surface area (Å²) in [5.41, 5.74) is 5.85. The first-order chi connectivity index (χ1) is 7.13. The molecule has 0 bridgehead atoms. The SMILES string of the molecule is NCCC1(CN2CC(=O)NC(=O)C2)CC1. The van der Waals surface area contributed by atoms with Crippen LogP contribution in [0.3, 0.4) is 0 Å². The molecule has 5 heteroatoms. The van der Waals surface area contributed by atoms with Crippen molar-refractivity contribution in [1.82, 2.24) is 10.2 Å². The van der Waals surface area contributed by atoms with Crippen LogP contribution in [0, 0.1) is 5.41 Å². The highest BCUT2D eigenvalue weighted by molar-refractivity contribution is 5.99. The van der Waals surface area contributed by atoms with Crippen molar-refractivity contribution >= 4 is 11.8 Å². The van der Waals surface area contributed by atoms with Gasteiger partial charge in [-0.05, 0) is 31.2 Å². The maximum atomic E-state index is 11.1. The Kier molecular flexibility index (Phi) is 2.75. The van der Waals surface area contributed by atoms with Crippen LogP contribution < -0.4 is 11.1 Å². The average molecular weight is 211 g/mol. The van der Waals surface area contributed by atoms with E-state index in [1.807, 2.05) is 4.90 Å². The molecule has 84 valence electrons. The van der Waals surface area contributed by atoms with Gasteiger partial charge >= 0.3 is 0 Å². The van der Waals surface area contributed by atoms with Gasteiger partial charge in [-0.2, -0.15) is 0 Å². The van der Waals surface area contributed by atoms with E-state index >= 15 is 0 Å². The normalized spacial score (nSPS) is 25.1. The van der Waals surface area contributed by atoms with Gasteiger partial charge in [0.2, 0.25) is 11.8 Å². The van der Waals surface area contributed by atoms with E-state index in [1.165, 1.54) is 12.8 Å². The van der Waals surface area contributed by atoms with Crippen LogP contribution in [-0.4, -0.2) is 42.9 Å². The number of nitrogens with zero attached hydrogens (tertiary/aromatic N) is 1. The molecule has 1 heterocycles. The summed E-state index contributed by atoms with van der Waals surface area (Å²) in [6, 6.07) is 0. The van der Waals surface area contributed by atoms with Crippen LogP contribution in [0.5, 0.6) is 0 Å². The van der Waals surface area contributed by atoms with E-state index < -0.39 is 0 Å². The fourth-order valence-corrected chi connectivity index (χ4v) is 2.25. The number of amides is 2. The zero-order valence-corrected chi connectivity index (χ0v) is 8.79. The molecule has 0 aromatic heterocycles. The summed E-state index contributed by atoms with van der Waals surface area (Å²) in [6.45, 7) is 2.22. The quantitative estimate of drug-likeness (QED) is 0.589. The summed E-state index contributed by atoms with van der Waals surface area (Å²) in [7, 11) is 0. The van der Waals surface area contributed by atoms with Gasteiger partial charge in [0.15, 0.2) is 0 Å². The zero-order valence-electron chi connectivity index (χ0n) is 8.79. The van der Waals surface area contributed by atoms with Crippen molar-refractivity contribution in [2.24, 2.45) is 11.1 Å². The zero-order chi connectivity index (χ0) is 10.9. The Hall–Kier alpha value is -0.940. The lowest BCUT2D eigenvalue weighted by molar-refractivity contribution is -0.136. The molecule has 0 spiro atoms. The molecule has 2 aliphatic rings. The minimum absolute atomic E-state index is 0.185. The van der Waals surface area contributed by atoms with Gasteiger partial charge in [-0.25, -0.2) is 0 Å². The number of imide groups is 1. The number of piperazine rings is 1. The predicted molar refractivity (Wildman–Crippen MR) is 54.9 cm³/mol. The molecule has 0 atom stereocenters. The predicted octanol–water partition coefficient (Wildman–Crippen LogP) is -0.926. The molecule has 15 heavy (non-hydrogen) atoms. The topological polar surface area (TPSA) is 75.4 Å². The fourth-order valence-electron chi connectivity index (χ4n) is 2.25. The van der Waals surface area contributed by atoms with Crippen molar-refractivity contribution < 1.29 is 9.59 Å². The molecule has 2 fully saturated rings. The van der Waals surface area contributed by atoms with Gasteiger partial charge in [-0.3, -0.25) is 19.8 Å². The molecular weight excluding hydrogens is 194 g/mol. The first-order valence-corrected chi connectivity index (χ1v) is 5.39. The van der Waals surface area contributed by atoms with Crippen LogP contribution in [0.25, 0.3) is 0 Å². The van der Waals surface area contributed by atoms with Gasteiger partial charge in [-0.1, -0.05) is 0 Å². The summed E-state index contributed by atoms with van der Waals surface area (Å²) in [4.78, 5) is 24.2. The summed E-state index contributed by atoms with van der Waals surface area (Å²) in [5, 5.41) is 2.30. The number of hydrogen-bond acceptors (Lipinski definition) is 4. The summed E-state index contributed by atoms with van der Waals surface area (Å²) >= 11 is 0. The molecule has 2 amide bonds. The smallest absolute Gasteiger partial charge is 0.240 e. The Bertz CT molecular complexity index is 270. The molecule has 0 radical (unpaired) electrons. The van der Waals surface area contributed by atoms with Crippen LogP contribution in [0.15, 0.2) is 0 Å². The van der Waals surface area contributed by atoms with E-state index in [0.29, 0.717) is 25.0 Å². The van der Waals surface area contributed by atoms with Crippen LogP contribution in [0.1, 0.15) is 19.3 Å². The summed E-state index contributed by atoms with van der Waals surface area (Å²) in [6.07, 6.45) is 3.35. The second-order valence-corrected chi connectivity index (χ2v) is 4.66. The molecule has 0 aromatic carbocycles. The first kappa shape index (κ1) is 10.6. The second-order valence-electron chi connectivity index (χ2n) is 4.66. The summed E-state index contributed by atoms with van der Waals surface area (Å²) < 4.78 is 0. The van der Waals surface area contributed by atoms with Gasteiger partial charge in [-0.15, -0.1) is 0 Å². The highest BCUT2D eigenvalue weighted by Crippen LogP contribution is 2.48. The van der Waals surface area contributed by atoms with Crippen LogP contribution in [0.4, 0.5) is 0 Å². The number of rotatable bonds is 4. The molecule has 1 aliphatic carbocycles. The van der Waals surface area contributed by atoms with E-state index in [0.717, 1.165) is 13.0 Å². The molecule has 2 rings (SSSR count). The van der Waals surface area contributed by atoms with Gasteiger partial charge < -0.3 is 5.73 Å². The number of hydrogen-bond donors (Lipinski definition) is 2. The van der Waals surface area contributed by atoms with Crippen LogP contribution in [-0.2, 0) is 9.59 Å². The fraction of sp³-hybridized carbons (Fsp3) is 0.800. The highest BCUT2D eigenvalue weighted by Gasteiger charge is 2.43. The van der Waals surface area contributed by atoms with Crippen molar-refractivity contribution in [3.63, 3.8) is 0 Å². The van der Waals surface area contributed by atoms with E-state index in [4.69, 9.17) is 5.73 Å². The molecule has 1 saturated carbocycles. The van der Waals surface area contributed by atoms with Crippen molar-refractivity contribution in [3.05, 3.63) is 0 Å². The lowest BCUT2D eigenvalue weighted by Gasteiger charge is -2.29. The molecular formula is C10H17N3O2. The van der Waals surface area contributed by atoms with Gasteiger partial charge in [0.25, 0.3) is 0 Å². The Balaban J connectivity index is 1.88. The minimum Gasteiger partial charge on any atom is -0.330 e. The van der Waals surface area contributed by atoms with Crippen molar-refractivity contribution in [3.8, 4) is 0 Å². The third-order valence-electron chi connectivity index (χ3n) is 3.20.